The zero-order chi connectivity index (χ0) is 23.8. The Morgan fingerprint density at radius 3 is 1.91 bits per heavy atom. The number of hydrogen-bond donors (Lipinski definition) is 2. The van der Waals surface area contributed by atoms with Crippen LogP contribution in [0.3, 0.4) is 0 Å². The van der Waals surface area contributed by atoms with E-state index < -0.39 is 10.0 Å². The number of carbonyl (C=O) groups is 1. The highest BCUT2D eigenvalue weighted by atomic mass is 32.2. The molecule has 2 rings (SSSR count). The molecule has 0 aliphatic heterocycles. The quantitative estimate of drug-likeness (QED) is 0.212. The molecule has 0 atom stereocenters. The second-order valence-electron chi connectivity index (χ2n) is 8.51. The number of rotatable bonds is 18. The molecule has 0 unspecified atom stereocenters. The fourth-order valence-electron chi connectivity index (χ4n) is 3.69. The van der Waals surface area contributed by atoms with Crippen molar-refractivity contribution >= 4 is 38.1 Å². The maximum atomic E-state index is 12.4. The highest BCUT2D eigenvalue weighted by Gasteiger charge is 2.15. The number of amides is 1. The van der Waals surface area contributed by atoms with Crippen molar-refractivity contribution in [3.05, 3.63) is 35.8 Å². The molecular formula is C25H39N3O3S2. The first kappa shape index (κ1) is 27.3. The van der Waals surface area contributed by atoms with Gasteiger partial charge in [0.05, 0.1) is 4.90 Å². The highest BCUT2D eigenvalue weighted by molar-refractivity contribution is 7.93. The van der Waals surface area contributed by atoms with E-state index in [-0.39, 0.29) is 10.8 Å². The van der Waals surface area contributed by atoms with Crippen molar-refractivity contribution in [2.75, 3.05) is 10.0 Å². The summed E-state index contributed by atoms with van der Waals surface area (Å²) >= 11 is 1.22. The van der Waals surface area contributed by atoms with E-state index in [1.807, 2.05) is 0 Å². The minimum atomic E-state index is -3.68. The van der Waals surface area contributed by atoms with Crippen molar-refractivity contribution in [3.63, 3.8) is 0 Å². The molecule has 0 aliphatic rings. The van der Waals surface area contributed by atoms with Gasteiger partial charge in [0.15, 0.2) is 5.13 Å². The summed E-state index contributed by atoms with van der Waals surface area (Å²) in [4.78, 5) is 16.2. The van der Waals surface area contributed by atoms with Crippen LogP contribution in [-0.2, 0) is 14.8 Å². The van der Waals surface area contributed by atoms with Crippen molar-refractivity contribution in [2.24, 2.45) is 0 Å². The van der Waals surface area contributed by atoms with Crippen LogP contribution in [0.4, 0.5) is 10.8 Å². The van der Waals surface area contributed by atoms with Gasteiger partial charge in [0, 0.05) is 23.7 Å². The minimum absolute atomic E-state index is 0.0328. The number of thiazole rings is 1. The Kier molecular flexibility index (Phi) is 13.1. The summed E-state index contributed by atoms with van der Waals surface area (Å²) in [6, 6.07) is 6.18. The van der Waals surface area contributed by atoms with Gasteiger partial charge in [-0.3, -0.25) is 9.52 Å². The average molecular weight is 494 g/mol. The van der Waals surface area contributed by atoms with Gasteiger partial charge >= 0.3 is 0 Å². The van der Waals surface area contributed by atoms with Crippen LogP contribution in [-0.4, -0.2) is 19.3 Å². The van der Waals surface area contributed by atoms with Gasteiger partial charge in [-0.1, -0.05) is 84.0 Å². The summed E-state index contributed by atoms with van der Waals surface area (Å²) in [5.41, 5.74) is 0.600. The van der Waals surface area contributed by atoms with Gasteiger partial charge in [-0.05, 0) is 30.7 Å². The van der Waals surface area contributed by atoms with Gasteiger partial charge in [0.2, 0.25) is 5.91 Å². The zero-order valence-electron chi connectivity index (χ0n) is 19.9. The molecule has 0 spiro atoms. The van der Waals surface area contributed by atoms with E-state index in [0.717, 1.165) is 12.8 Å². The van der Waals surface area contributed by atoms with Gasteiger partial charge in [-0.2, -0.15) is 0 Å². The maximum absolute atomic E-state index is 12.4. The smallest absolute Gasteiger partial charge is 0.263 e. The number of anilines is 2. The largest absolute Gasteiger partial charge is 0.326 e. The number of carbonyl (C=O) groups excluding carboxylic acids is 1. The van der Waals surface area contributed by atoms with E-state index in [0.29, 0.717) is 17.2 Å². The van der Waals surface area contributed by atoms with E-state index in [4.69, 9.17) is 0 Å². The zero-order valence-corrected chi connectivity index (χ0v) is 21.5. The van der Waals surface area contributed by atoms with Crippen molar-refractivity contribution < 1.29 is 13.2 Å². The van der Waals surface area contributed by atoms with Crippen LogP contribution in [0.5, 0.6) is 0 Å². The van der Waals surface area contributed by atoms with Crippen molar-refractivity contribution in [1.82, 2.24) is 4.98 Å². The summed E-state index contributed by atoms with van der Waals surface area (Å²) in [7, 11) is -3.68. The van der Waals surface area contributed by atoms with E-state index >= 15 is 0 Å². The Morgan fingerprint density at radius 1 is 0.848 bits per heavy atom. The fraction of sp³-hybridized carbons (Fsp3) is 0.600. The SMILES string of the molecule is CCCCCCCCCCCCCCCC(=O)Nc1ccc(S(=O)(=O)Nc2nccs2)cc1. The number of sulfonamides is 1. The van der Waals surface area contributed by atoms with Crippen molar-refractivity contribution in [2.45, 2.75) is 102 Å². The van der Waals surface area contributed by atoms with Crippen LogP contribution in [0, 0.1) is 0 Å². The molecular weight excluding hydrogens is 454 g/mol. The summed E-state index contributed by atoms with van der Waals surface area (Å²) in [6.45, 7) is 2.26. The molecule has 1 heterocycles. The molecule has 0 bridgehead atoms. The van der Waals surface area contributed by atoms with Crippen LogP contribution in [0.25, 0.3) is 0 Å². The molecule has 1 aromatic carbocycles. The number of benzene rings is 1. The van der Waals surface area contributed by atoms with E-state index in [9.17, 15) is 13.2 Å². The summed E-state index contributed by atoms with van der Waals surface area (Å²) in [5, 5.41) is 4.87. The van der Waals surface area contributed by atoms with Crippen LogP contribution in [0.15, 0.2) is 40.7 Å². The third-order valence-corrected chi connectivity index (χ3v) is 7.78. The summed E-state index contributed by atoms with van der Waals surface area (Å²) in [5.74, 6) is -0.0328. The normalized spacial score (nSPS) is 11.4. The average Bonchev–Trinajstić information content (AvgIpc) is 3.29. The minimum Gasteiger partial charge on any atom is -0.326 e. The van der Waals surface area contributed by atoms with E-state index in [1.54, 1.807) is 23.7 Å². The molecule has 2 N–H and O–H groups in total. The maximum Gasteiger partial charge on any atom is 0.263 e. The second kappa shape index (κ2) is 15.8. The van der Waals surface area contributed by atoms with Crippen LogP contribution < -0.4 is 10.0 Å². The predicted molar refractivity (Wildman–Crippen MR) is 138 cm³/mol. The predicted octanol–water partition coefficient (Wildman–Crippen LogP) is 7.36. The molecule has 1 amide bonds. The Labute approximate surface area is 203 Å². The molecule has 6 nitrogen and oxygen atoms in total. The molecule has 184 valence electrons. The van der Waals surface area contributed by atoms with Gasteiger partial charge in [0.25, 0.3) is 10.0 Å². The molecule has 1 aromatic heterocycles. The van der Waals surface area contributed by atoms with Gasteiger partial charge in [-0.25, -0.2) is 13.4 Å². The van der Waals surface area contributed by atoms with E-state index in [1.165, 1.54) is 94.1 Å². The Morgan fingerprint density at radius 2 is 1.39 bits per heavy atom. The third-order valence-electron chi connectivity index (χ3n) is 5.61. The topological polar surface area (TPSA) is 88.2 Å². The van der Waals surface area contributed by atoms with Gasteiger partial charge < -0.3 is 5.32 Å². The number of aromatic nitrogens is 1. The van der Waals surface area contributed by atoms with Crippen LogP contribution in [0.1, 0.15) is 96.8 Å². The standard InChI is InChI=1S/C25H39N3O3S2/c1-2-3-4-5-6-7-8-9-10-11-12-13-14-15-24(29)27-22-16-18-23(19-17-22)33(30,31)28-25-26-20-21-32-25/h16-21H,2-15H2,1H3,(H,26,28)(H,27,29). The number of hydrogen-bond acceptors (Lipinski definition) is 5. The lowest BCUT2D eigenvalue weighted by Gasteiger charge is -2.08. The van der Waals surface area contributed by atoms with Gasteiger partial charge in [0.1, 0.15) is 0 Å². The first-order chi connectivity index (χ1) is 16.0. The number of nitrogens with zero attached hydrogens (tertiary/aromatic N) is 1. The highest BCUT2D eigenvalue weighted by Crippen LogP contribution is 2.20. The lowest BCUT2D eigenvalue weighted by Crippen LogP contribution is -2.14. The summed E-state index contributed by atoms with van der Waals surface area (Å²) < 4.78 is 27.1. The van der Waals surface area contributed by atoms with Crippen molar-refractivity contribution in [1.29, 1.82) is 0 Å². The lowest BCUT2D eigenvalue weighted by atomic mass is 10.0. The van der Waals surface area contributed by atoms with Crippen molar-refractivity contribution in [3.8, 4) is 0 Å². The monoisotopic (exact) mass is 493 g/mol. The molecule has 0 saturated heterocycles. The first-order valence-electron chi connectivity index (χ1n) is 12.3. The molecule has 0 radical (unpaired) electrons. The third kappa shape index (κ3) is 11.7. The first-order valence-corrected chi connectivity index (χ1v) is 14.7. The Hall–Kier alpha value is -1.93. The second-order valence-corrected chi connectivity index (χ2v) is 11.1. The number of nitrogens with one attached hydrogen (secondary N) is 2. The molecule has 33 heavy (non-hydrogen) atoms. The lowest BCUT2D eigenvalue weighted by molar-refractivity contribution is -0.116. The molecule has 0 fully saturated rings. The van der Waals surface area contributed by atoms with Crippen LogP contribution in [0.2, 0.25) is 0 Å². The molecule has 8 heteroatoms. The molecule has 2 aromatic rings. The molecule has 0 aliphatic carbocycles. The Balaban J connectivity index is 1.52. The van der Waals surface area contributed by atoms with Gasteiger partial charge in [-0.15, -0.1) is 11.3 Å². The van der Waals surface area contributed by atoms with E-state index in [2.05, 4.69) is 21.9 Å². The number of unbranched alkanes of at least 4 members (excludes halogenated alkanes) is 12. The van der Waals surface area contributed by atoms with Crippen LogP contribution >= 0.6 is 11.3 Å². The summed E-state index contributed by atoms with van der Waals surface area (Å²) in [6.07, 6.45) is 18.6. The Bertz CT molecular complexity index is 882. The fourth-order valence-corrected chi connectivity index (χ4v) is 5.48. The molecule has 0 saturated carbocycles.